The molecule has 31 heavy (non-hydrogen) atoms. The molecule has 1 aliphatic rings. The molecular formula is C22H24N6O3. The maximum absolute atomic E-state index is 13.2. The van der Waals surface area contributed by atoms with Crippen LogP contribution in [0.1, 0.15) is 30.6 Å². The van der Waals surface area contributed by atoms with Gasteiger partial charge >= 0.3 is 0 Å². The second-order valence-corrected chi connectivity index (χ2v) is 8.03. The molecule has 0 radical (unpaired) electrons. The van der Waals surface area contributed by atoms with Gasteiger partial charge in [0.05, 0.1) is 24.4 Å². The molecule has 1 aliphatic heterocycles. The van der Waals surface area contributed by atoms with Crippen LogP contribution in [0.15, 0.2) is 42.7 Å². The van der Waals surface area contributed by atoms with E-state index in [9.17, 15) is 4.79 Å². The highest BCUT2D eigenvalue weighted by Gasteiger charge is 2.21. The third-order valence-corrected chi connectivity index (χ3v) is 5.23. The molecule has 4 aromatic heterocycles. The van der Waals surface area contributed by atoms with E-state index in [1.54, 1.807) is 22.8 Å². The molecule has 1 amide bonds. The molecule has 4 aromatic rings. The molecule has 1 unspecified atom stereocenters. The van der Waals surface area contributed by atoms with Crippen molar-refractivity contribution in [3.63, 3.8) is 0 Å². The first kappa shape index (κ1) is 19.5. The average Bonchev–Trinajstić information content (AvgIpc) is 3.47. The summed E-state index contributed by atoms with van der Waals surface area (Å²) in [5, 5.41) is 12.6. The lowest BCUT2D eigenvalue weighted by Crippen LogP contribution is -2.18. The van der Waals surface area contributed by atoms with Gasteiger partial charge in [-0.2, -0.15) is 15.2 Å². The first-order valence-corrected chi connectivity index (χ1v) is 10.4. The standard InChI is InChI=1S/C22H24N6O3/c1-14(2)31-22-18(21(29)24-19-5-3-4-17-6-8-23-28(17)19)10-16-12-27(26-20(16)25-22)11-15-7-9-30-13-15/h3-6,8,10,12,14-15H,7,9,11,13H2,1-2H3,(H,24,29). The second-order valence-electron chi connectivity index (χ2n) is 8.03. The Balaban J connectivity index is 1.48. The Hall–Kier alpha value is -3.46. The summed E-state index contributed by atoms with van der Waals surface area (Å²) in [7, 11) is 0. The number of anilines is 1. The summed E-state index contributed by atoms with van der Waals surface area (Å²) in [5.41, 5.74) is 1.80. The Labute approximate surface area is 179 Å². The van der Waals surface area contributed by atoms with Crippen molar-refractivity contribution in [1.29, 1.82) is 0 Å². The number of hydrogen-bond acceptors (Lipinski definition) is 6. The number of carbonyl (C=O) groups excluding carboxylic acids is 1. The van der Waals surface area contributed by atoms with Crippen molar-refractivity contribution in [1.82, 2.24) is 24.4 Å². The van der Waals surface area contributed by atoms with Crippen molar-refractivity contribution in [2.75, 3.05) is 18.5 Å². The largest absolute Gasteiger partial charge is 0.474 e. The van der Waals surface area contributed by atoms with E-state index in [0.29, 0.717) is 22.9 Å². The molecule has 0 spiro atoms. The van der Waals surface area contributed by atoms with E-state index in [0.717, 1.165) is 37.1 Å². The zero-order chi connectivity index (χ0) is 21.4. The summed E-state index contributed by atoms with van der Waals surface area (Å²) >= 11 is 0. The molecule has 1 atom stereocenters. The highest BCUT2D eigenvalue weighted by atomic mass is 16.5. The predicted octanol–water partition coefficient (Wildman–Crippen LogP) is 3.16. The van der Waals surface area contributed by atoms with Gasteiger partial charge in [0.25, 0.3) is 5.91 Å². The summed E-state index contributed by atoms with van der Waals surface area (Å²) in [6, 6.07) is 9.26. The van der Waals surface area contributed by atoms with E-state index in [2.05, 4.69) is 20.5 Å². The quantitative estimate of drug-likeness (QED) is 0.515. The molecule has 5 heterocycles. The van der Waals surface area contributed by atoms with Crippen molar-refractivity contribution < 1.29 is 14.3 Å². The first-order valence-electron chi connectivity index (χ1n) is 10.4. The van der Waals surface area contributed by atoms with E-state index in [1.807, 2.05) is 42.9 Å². The number of fused-ring (bicyclic) bond motifs is 2. The number of rotatable bonds is 6. The van der Waals surface area contributed by atoms with Gasteiger partial charge in [-0.3, -0.25) is 9.48 Å². The Bertz CT molecular complexity index is 1240. The summed E-state index contributed by atoms with van der Waals surface area (Å²) in [6.07, 6.45) is 4.50. The van der Waals surface area contributed by atoms with Gasteiger partial charge in [0, 0.05) is 30.7 Å². The number of aromatic nitrogens is 5. The van der Waals surface area contributed by atoms with Crippen molar-refractivity contribution >= 4 is 28.3 Å². The fourth-order valence-electron chi connectivity index (χ4n) is 3.78. The van der Waals surface area contributed by atoms with E-state index in [1.165, 1.54) is 0 Å². The van der Waals surface area contributed by atoms with Crippen LogP contribution in [0.4, 0.5) is 5.82 Å². The van der Waals surface area contributed by atoms with Gasteiger partial charge in [-0.25, -0.2) is 4.52 Å². The van der Waals surface area contributed by atoms with E-state index in [4.69, 9.17) is 9.47 Å². The number of ether oxygens (including phenoxy) is 2. The summed E-state index contributed by atoms with van der Waals surface area (Å²) in [5.74, 6) is 0.963. The van der Waals surface area contributed by atoms with Crippen LogP contribution in [-0.2, 0) is 11.3 Å². The van der Waals surface area contributed by atoms with Crippen LogP contribution in [0.3, 0.4) is 0 Å². The van der Waals surface area contributed by atoms with Crippen LogP contribution in [0, 0.1) is 5.92 Å². The summed E-state index contributed by atoms with van der Waals surface area (Å²) in [4.78, 5) is 17.8. The van der Waals surface area contributed by atoms with Gasteiger partial charge in [-0.15, -0.1) is 0 Å². The van der Waals surface area contributed by atoms with Crippen molar-refractivity contribution in [3.8, 4) is 5.88 Å². The van der Waals surface area contributed by atoms with E-state index >= 15 is 0 Å². The molecule has 5 rings (SSSR count). The Morgan fingerprint density at radius 3 is 3.06 bits per heavy atom. The van der Waals surface area contributed by atoms with Crippen molar-refractivity contribution in [2.24, 2.45) is 5.92 Å². The lowest BCUT2D eigenvalue weighted by molar-refractivity contribution is 0.101. The molecule has 1 fully saturated rings. The van der Waals surface area contributed by atoms with Crippen molar-refractivity contribution in [2.45, 2.75) is 32.9 Å². The Morgan fingerprint density at radius 2 is 2.26 bits per heavy atom. The number of pyridine rings is 2. The number of nitrogens with zero attached hydrogens (tertiary/aromatic N) is 5. The monoisotopic (exact) mass is 420 g/mol. The lowest BCUT2D eigenvalue weighted by Gasteiger charge is -2.13. The predicted molar refractivity (Wildman–Crippen MR) is 115 cm³/mol. The van der Waals surface area contributed by atoms with Gasteiger partial charge in [0.2, 0.25) is 5.88 Å². The van der Waals surface area contributed by atoms with Gasteiger partial charge < -0.3 is 14.8 Å². The van der Waals surface area contributed by atoms with Crippen LogP contribution < -0.4 is 10.1 Å². The molecule has 0 saturated carbocycles. The number of carbonyl (C=O) groups is 1. The van der Waals surface area contributed by atoms with Gasteiger partial charge in [-0.05, 0) is 44.5 Å². The minimum absolute atomic E-state index is 0.135. The number of hydrogen-bond donors (Lipinski definition) is 1. The van der Waals surface area contributed by atoms with Crippen molar-refractivity contribution in [3.05, 3.63) is 48.3 Å². The molecule has 1 saturated heterocycles. The van der Waals surface area contributed by atoms with E-state index < -0.39 is 0 Å². The van der Waals surface area contributed by atoms with E-state index in [-0.39, 0.29) is 17.9 Å². The SMILES string of the molecule is CC(C)Oc1nc2nn(CC3CCOC3)cc2cc1C(=O)Nc1cccc2ccnn12. The molecule has 9 nitrogen and oxygen atoms in total. The maximum Gasteiger partial charge on any atom is 0.262 e. The zero-order valence-corrected chi connectivity index (χ0v) is 17.5. The summed E-state index contributed by atoms with van der Waals surface area (Å²) in [6.45, 7) is 6.11. The number of nitrogens with one attached hydrogen (secondary N) is 1. The fourth-order valence-corrected chi connectivity index (χ4v) is 3.78. The molecular weight excluding hydrogens is 396 g/mol. The van der Waals surface area contributed by atoms with Crippen LogP contribution in [-0.4, -0.2) is 49.6 Å². The topological polar surface area (TPSA) is 95.6 Å². The van der Waals surface area contributed by atoms with Gasteiger partial charge in [0.15, 0.2) is 5.65 Å². The maximum atomic E-state index is 13.2. The third-order valence-electron chi connectivity index (χ3n) is 5.23. The Morgan fingerprint density at radius 1 is 1.35 bits per heavy atom. The normalized spacial score (nSPS) is 16.4. The third kappa shape index (κ3) is 3.96. The summed E-state index contributed by atoms with van der Waals surface area (Å²) < 4.78 is 14.9. The Kier molecular flexibility index (Phi) is 5.03. The second kappa shape index (κ2) is 7.99. The fraction of sp³-hybridized carbons (Fsp3) is 0.364. The minimum Gasteiger partial charge on any atom is -0.474 e. The molecule has 1 N–H and O–H groups in total. The van der Waals surface area contributed by atoms with Crippen LogP contribution in [0.25, 0.3) is 16.6 Å². The average molecular weight is 420 g/mol. The zero-order valence-electron chi connectivity index (χ0n) is 17.5. The van der Waals surface area contributed by atoms with Gasteiger partial charge in [0.1, 0.15) is 11.4 Å². The molecule has 0 bridgehead atoms. The minimum atomic E-state index is -0.315. The molecule has 160 valence electrons. The molecule has 0 aliphatic carbocycles. The first-order chi connectivity index (χ1) is 15.1. The molecule has 9 heteroatoms. The van der Waals surface area contributed by atoms with Crippen LogP contribution in [0.5, 0.6) is 5.88 Å². The highest BCUT2D eigenvalue weighted by Crippen LogP contribution is 2.25. The smallest absolute Gasteiger partial charge is 0.262 e. The van der Waals surface area contributed by atoms with Crippen LogP contribution >= 0.6 is 0 Å². The highest BCUT2D eigenvalue weighted by molar-refractivity contribution is 6.07. The lowest BCUT2D eigenvalue weighted by atomic mass is 10.1. The molecule has 0 aromatic carbocycles. The van der Waals surface area contributed by atoms with Crippen LogP contribution in [0.2, 0.25) is 0 Å². The van der Waals surface area contributed by atoms with Gasteiger partial charge in [-0.1, -0.05) is 6.07 Å². The number of amides is 1.